The Morgan fingerprint density at radius 1 is 1.22 bits per heavy atom. The number of furan rings is 1. The normalized spacial score (nSPS) is 14.1. The van der Waals surface area contributed by atoms with E-state index < -0.39 is 28.5 Å². The molecule has 1 saturated heterocycles. The third kappa shape index (κ3) is 5.81. The lowest BCUT2D eigenvalue weighted by Crippen LogP contribution is -2.30. The molecule has 11 nitrogen and oxygen atoms in total. The minimum Gasteiger partial charge on any atom is -0.481 e. The quantitative estimate of drug-likeness (QED) is 0.126. The molecule has 1 aliphatic rings. The van der Waals surface area contributed by atoms with Crippen molar-refractivity contribution in [2.45, 2.75) is 13.2 Å². The molecule has 1 aliphatic heterocycles. The molecule has 1 fully saturated rings. The van der Waals surface area contributed by atoms with Gasteiger partial charge in [0.2, 0.25) is 11.5 Å². The van der Waals surface area contributed by atoms with Crippen LogP contribution in [-0.4, -0.2) is 34.8 Å². The Morgan fingerprint density at radius 2 is 1.95 bits per heavy atom. The number of nitrogens with zero attached hydrogens (tertiary/aromatic N) is 2. The number of nitro groups is 1. The van der Waals surface area contributed by atoms with Crippen LogP contribution in [0.2, 0.25) is 5.02 Å². The molecule has 2 heterocycles. The Kier molecular flexibility index (Phi) is 7.60. The number of amides is 3. The number of carbonyl (C=O) groups excluding carboxylic acids is 3. The Morgan fingerprint density at radius 3 is 2.62 bits per heavy atom. The Hall–Kier alpha value is -4.16. The van der Waals surface area contributed by atoms with E-state index in [-0.39, 0.29) is 46.7 Å². The van der Waals surface area contributed by atoms with E-state index >= 15 is 0 Å². The third-order valence-electron chi connectivity index (χ3n) is 5.17. The number of methoxy groups -OCH3 is 1. The number of hydrogen-bond acceptors (Lipinski definition) is 8. The zero-order valence-corrected chi connectivity index (χ0v) is 21.4. The summed E-state index contributed by atoms with van der Waals surface area (Å²) in [6, 6.07) is 11.8. The number of nitrogens with one attached hydrogen (secondary N) is 1. The number of benzene rings is 2. The molecule has 190 valence electrons. The topological polar surface area (TPSA) is 141 Å². The van der Waals surface area contributed by atoms with Gasteiger partial charge in [0.25, 0.3) is 5.91 Å². The highest BCUT2D eigenvalue weighted by atomic mass is 79.9. The van der Waals surface area contributed by atoms with Gasteiger partial charge in [-0.05, 0) is 47.5 Å². The highest BCUT2D eigenvalue weighted by Gasteiger charge is 2.34. The average Bonchev–Trinajstić information content (AvgIpc) is 3.44. The molecule has 0 radical (unpaired) electrons. The van der Waals surface area contributed by atoms with Gasteiger partial charge in [-0.25, -0.2) is 9.59 Å². The standard InChI is InChI=1S/C24H17BrClN3O8/c1-35-23(31)20-7-6-16(37-20)11-28-22(30)18(27-24(28)32)9-14-8-17(26)21(19(10-14)29(33)34)36-12-13-2-4-15(25)5-3-13/h2-10H,11-12H2,1H3,(H,27,32)/b18-9-. The van der Waals surface area contributed by atoms with Crippen LogP contribution < -0.4 is 10.1 Å². The molecule has 1 aromatic heterocycles. The van der Waals surface area contributed by atoms with Gasteiger partial charge in [-0.1, -0.05) is 39.7 Å². The number of halogens is 2. The van der Waals surface area contributed by atoms with Crippen LogP contribution >= 0.6 is 27.5 Å². The monoisotopic (exact) mass is 589 g/mol. The fourth-order valence-electron chi connectivity index (χ4n) is 3.41. The number of rotatable bonds is 8. The second-order valence-electron chi connectivity index (χ2n) is 7.66. The number of hydrogen-bond donors (Lipinski definition) is 1. The van der Waals surface area contributed by atoms with E-state index in [4.69, 9.17) is 20.8 Å². The molecule has 4 rings (SSSR count). The molecule has 37 heavy (non-hydrogen) atoms. The summed E-state index contributed by atoms with van der Waals surface area (Å²) in [5, 5.41) is 14.1. The Balaban J connectivity index is 1.54. The van der Waals surface area contributed by atoms with E-state index in [1.165, 1.54) is 37.5 Å². The number of carbonyl (C=O) groups is 3. The number of nitro benzene ring substituents is 1. The summed E-state index contributed by atoms with van der Waals surface area (Å²) in [7, 11) is 1.19. The van der Waals surface area contributed by atoms with Gasteiger partial charge in [-0.3, -0.25) is 19.8 Å². The SMILES string of the molecule is COC(=O)c1ccc(CN2C(=O)N/C(=C\c3cc(Cl)c(OCc4ccc(Br)cc4)c([N+](=O)[O-])c3)C2=O)o1. The van der Waals surface area contributed by atoms with E-state index in [0.717, 1.165) is 14.9 Å². The molecule has 0 bridgehead atoms. The number of ether oxygens (including phenoxy) is 2. The zero-order valence-electron chi connectivity index (χ0n) is 19.0. The van der Waals surface area contributed by atoms with Crippen molar-refractivity contribution in [3.8, 4) is 5.75 Å². The molecule has 3 aromatic rings. The van der Waals surface area contributed by atoms with Crippen LogP contribution in [0.15, 0.2) is 63.1 Å². The largest absolute Gasteiger partial charge is 0.481 e. The lowest BCUT2D eigenvalue weighted by molar-refractivity contribution is -0.385. The molecular formula is C24H17BrClN3O8. The summed E-state index contributed by atoms with van der Waals surface area (Å²) in [4.78, 5) is 48.7. The van der Waals surface area contributed by atoms with Crippen molar-refractivity contribution >= 4 is 57.2 Å². The fourth-order valence-corrected chi connectivity index (χ4v) is 3.95. The minimum absolute atomic E-state index is 0.0438. The van der Waals surface area contributed by atoms with Gasteiger partial charge in [0, 0.05) is 10.5 Å². The van der Waals surface area contributed by atoms with Crippen LogP contribution in [-0.2, 0) is 22.7 Å². The predicted molar refractivity (Wildman–Crippen MR) is 134 cm³/mol. The minimum atomic E-state index is -0.734. The highest BCUT2D eigenvalue weighted by Crippen LogP contribution is 2.37. The van der Waals surface area contributed by atoms with E-state index in [1.807, 2.05) is 12.1 Å². The van der Waals surface area contributed by atoms with Crippen molar-refractivity contribution < 1.29 is 33.2 Å². The molecule has 0 atom stereocenters. The Labute approximate surface area is 222 Å². The van der Waals surface area contributed by atoms with Crippen LogP contribution in [0.25, 0.3) is 6.08 Å². The van der Waals surface area contributed by atoms with Gasteiger partial charge in [-0.15, -0.1) is 0 Å². The van der Waals surface area contributed by atoms with Crippen molar-refractivity contribution in [3.63, 3.8) is 0 Å². The van der Waals surface area contributed by atoms with Gasteiger partial charge in [-0.2, -0.15) is 0 Å². The average molecular weight is 591 g/mol. The number of urea groups is 1. The molecule has 0 aliphatic carbocycles. The maximum Gasteiger partial charge on any atom is 0.373 e. The summed E-state index contributed by atoms with van der Waals surface area (Å²) in [5.74, 6) is -1.43. The third-order valence-corrected chi connectivity index (χ3v) is 5.98. The van der Waals surface area contributed by atoms with Crippen molar-refractivity contribution in [2.75, 3.05) is 7.11 Å². The molecule has 0 spiro atoms. The van der Waals surface area contributed by atoms with Crippen LogP contribution in [0, 0.1) is 10.1 Å². The maximum atomic E-state index is 12.8. The zero-order chi connectivity index (χ0) is 26.7. The van der Waals surface area contributed by atoms with Crippen molar-refractivity contribution in [1.29, 1.82) is 0 Å². The van der Waals surface area contributed by atoms with Crippen molar-refractivity contribution in [2.24, 2.45) is 0 Å². The molecular weight excluding hydrogens is 574 g/mol. The molecule has 0 unspecified atom stereocenters. The van der Waals surface area contributed by atoms with Gasteiger partial charge >= 0.3 is 17.7 Å². The summed E-state index contributed by atoms with van der Waals surface area (Å²) < 4.78 is 16.4. The van der Waals surface area contributed by atoms with Crippen LogP contribution in [0.5, 0.6) is 5.75 Å². The lowest BCUT2D eigenvalue weighted by Gasteiger charge is -2.10. The summed E-state index contributed by atoms with van der Waals surface area (Å²) in [5.41, 5.74) is 0.438. The lowest BCUT2D eigenvalue weighted by atomic mass is 10.1. The fraction of sp³-hybridized carbons (Fsp3) is 0.125. The van der Waals surface area contributed by atoms with E-state index in [9.17, 15) is 24.5 Å². The number of imide groups is 1. The number of esters is 1. The Bertz CT molecular complexity index is 1430. The van der Waals surface area contributed by atoms with Gasteiger partial charge < -0.3 is 19.2 Å². The second kappa shape index (κ2) is 10.8. The van der Waals surface area contributed by atoms with Gasteiger partial charge in [0.05, 0.1) is 23.6 Å². The van der Waals surface area contributed by atoms with Gasteiger partial charge in [0.1, 0.15) is 18.1 Å². The van der Waals surface area contributed by atoms with Crippen LogP contribution in [0.3, 0.4) is 0 Å². The molecule has 0 saturated carbocycles. The van der Waals surface area contributed by atoms with Gasteiger partial charge in [0.15, 0.2) is 0 Å². The molecule has 1 N–H and O–H groups in total. The van der Waals surface area contributed by atoms with E-state index in [2.05, 4.69) is 26.0 Å². The summed E-state index contributed by atoms with van der Waals surface area (Å²) >= 11 is 9.63. The smallest absolute Gasteiger partial charge is 0.373 e. The predicted octanol–water partition coefficient (Wildman–Crippen LogP) is 5.06. The summed E-state index contributed by atoms with van der Waals surface area (Å²) in [6.45, 7) is -0.203. The highest BCUT2D eigenvalue weighted by molar-refractivity contribution is 9.10. The first-order chi connectivity index (χ1) is 17.7. The van der Waals surface area contributed by atoms with E-state index in [0.29, 0.717) is 0 Å². The molecule has 13 heteroatoms. The van der Waals surface area contributed by atoms with E-state index in [1.54, 1.807) is 12.1 Å². The summed E-state index contributed by atoms with van der Waals surface area (Å²) in [6.07, 6.45) is 1.26. The van der Waals surface area contributed by atoms with Crippen LogP contribution in [0.4, 0.5) is 10.5 Å². The van der Waals surface area contributed by atoms with Crippen LogP contribution in [0.1, 0.15) is 27.4 Å². The first-order valence-corrected chi connectivity index (χ1v) is 11.7. The van der Waals surface area contributed by atoms with Crippen molar-refractivity contribution in [3.05, 3.63) is 96.5 Å². The van der Waals surface area contributed by atoms with Crippen molar-refractivity contribution in [1.82, 2.24) is 10.2 Å². The molecule has 3 amide bonds. The first-order valence-electron chi connectivity index (χ1n) is 10.5. The maximum absolute atomic E-state index is 12.8. The first kappa shape index (κ1) is 25.9. The molecule has 2 aromatic carbocycles. The second-order valence-corrected chi connectivity index (χ2v) is 8.98.